The first kappa shape index (κ1) is 13.9. The zero-order valence-electron chi connectivity index (χ0n) is 8.73. The van der Waals surface area contributed by atoms with Crippen molar-refractivity contribution in [1.82, 2.24) is 0 Å². The van der Waals surface area contributed by atoms with Crippen LogP contribution in [0.25, 0.3) is 0 Å². The van der Waals surface area contributed by atoms with Gasteiger partial charge in [0.05, 0.1) is 0 Å². The zero-order valence-corrected chi connectivity index (χ0v) is 12.1. The van der Waals surface area contributed by atoms with Gasteiger partial charge in [-0.25, -0.2) is 0 Å². The lowest BCUT2D eigenvalue weighted by Crippen LogP contribution is -2.15. The smallest absolute Gasteiger partial charge is 0.318 e. The van der Waals surface area contributed by atoms with E-state index in [9.17, 15) is 4.79 Å². The molecular formula is C9H16O2S4. The van der Waals surface area contributed by atoms with Gasteiger partial charge in [-0.2, -0.15) is 0 Å². The van der Waals surface area contributed by atoms with Crippen molar-refractivity contribution in [2.75, 3.05) is 5.75 Å². The van der Waals surface area contributed by atoms with Crippen molar-refractivity contribution < 1.29 is 8.98 Å². The van der Waals surface area contributed by atoms with E-state index < -0.39 is 0 Å². The van der Waals surface area contributed by atoms with E-state index in [4.69, 9.17) is 0 Å². The van der Waals surface area contributed by atoms with E-state index in [-0.39, 0.29) is 5.97 Å². The Morgan fingerprint density at radius 2 is 2.40 bits per heavy atom. The van der Waals surface area contributed by atoms with Gasteiger partial charge < -0.3 is 4.18 Å². The quantitative estimate of drug-likeness (QED) is 0.342. The van der Waals surface area contributed by atoms with Crippen LogP contribution in [0.2, 0.25) is 0 Å². The average molecular weight is 284 g/mol. The zero-order chi connectivity index (χ0) is 11.1. The molecule has 0 saturated carbocycles. The van der Waals surface area contributed by atoms with Crippen molar-refractivity contribution in [3.63, 3.8) is 0 Å². The number of unbranched alkanes of at least 4 members (excludes halogenated alkanes) is 1. The maximum atomic E-state index is 11.0. The molecule has 0 amide bonds. The molecule has 1 heterocycles. The molecule has 15 heavy (non-hydrogen) atoms. The lowest BCUT2D eigenvalue weighted by Gasteiger charge is -2.20. The molecule has 1 saturated heterocycles. The highest BCUT2D eigenvalue weighted by Crippen LogP contribution is 2.49. The number of thiol groups is 1. The van der Waals surface area contributed by atoms with Crippen LogP contribution < -0.4 is 0 Å². The van der Waals surface area contributed by atoms with Gasteiger partial charge in [0, 0.05) is 16.9 Å². The van der Waals surface area contributed by atoms with Crippen molar-refractivity contribution in [2.24, 2.45) is 0 Å². The monoisotopic (exact) mass is 284 g/mol. The van der Waals surface area contributed by atoms with E-state index in [0.29, 0.717) is 11.2 Å². The molecule has 0 bridgehead atoms. The Hall–Kier alpha value is 0.870. The molecule has 1 aliphatic rings. The Morgan fingerprint density at radius 3 is 3.00 bits per heavy atom. The molecule has 0 spiro atoms. The lowest BCUT2D eigenvalue weighted by atomic mass is 9.99. The van der Waals surface area contributed by atoms with Crippen LogP contribution in [0.3, 0.4) is 0 Å². The molecule has 0 aromatic heterocycles. The first-order valence-corrected chi connectivity index (χ1v) is 9.09. The van der Waals surface area contributed by atoms with E-state index in [2.05, 4.69) is 22.8 Å². The van der Waals surface area contributed by atoms with E-state index in [1.807, 2.05) is 21.6 Å². The molecular weight excluding hydrogens is 268 g/mol. The van der Waals surface area contributed by atoms with Gasteiger partial charge in [0.2, 0.25) is 0 Å². The fourth-order valence-electron chi connectivity index (χ4n) is 1.50. The summed E-state index contributed by atoms with van der Waals surface area (Å²) in [4.78, 5) is 11.0. The minimum Gasteiger partial charge on any atom is -0.380 e. The first-order valence-electron chi connectivity index (χ1n) is 4.98. The van der Waals surface area contributed by atoms with Crippen LogP contribution in [0.5, 0.6) is 0 Å². The van der Waals surface area contributed by atoms with Crippen molar-refractivity contribution in [3.8, 4) is 0 Å². The van der Waals surface area contributed by atoms with Crippen LogP contribution in [0.4, 0.5) is 0 Å². The normalized spacial score (nSPS) is 25.5. The van der Waals surface area contributed by atoms with Crippen molar-refractivity contribution in [2.45, 2.75) is 43.8 Å². The van der Waals surface area contributed by atoms with Gasteiger partial charge in [0.15, 0.2) is 0 Å². The summed E-state index contributed by atoms with van der Waals surface area (Å²) < 4.78 is 5.11. The summed E-state index contributed by atoms with van der Waals surface area (Å²) in [5.41, 5.74) is 0. The van der Waals surface area contributed by atoms with Crippen LogP contribution in [0.1, 0.15) is 39.0 Å². The summed E-state index contributed by atoms with van der Waals surface area (Å²) in [5, 5.41) is 0. The Bertz CT molecular complexity index is 204. The van der Waals surface area contributed by atoms with Gasteiger partial charge in [0.1, 0.15) is 11.1 Å². The van der Waals surface area contributed by atoms with Crippen LogP contribution in [0, 0.1) is 0 Å². The van der Waals surface area contributed by atoms with Crippen LogP contribution in [-0.4, -0.2) is 16.5 Å². The second-order valence-electron chi connectivity index (χ2n) is 3.84. The largest absolute Gasteiger partial charge is 0.380 e. The highest BCUT2D eigenvalue weighted by atomic mass is 33.1. The predicted molar refractivity (Wildman–Crippen MR) is 74.2 cm³/mol. The van der Waals surface area contributed by atoms with E-state index in [1.165, 1.54) is 18.6 Å². The minimum absolute atomic E-state index is 0.159. The average Bonchev–Trinajstić information content (AvgIpc) is 2.61. The maximum absolute atomic E-state index is 11.0. The topological polar surface area (TPSA) is 26.3 Å². The molecule has 88 valence electrons. The van der Waals surface area contributed by atoms with Gasteiger partial charge in [-0.05, 0) is 26.2 Å². The maximum Gasteiger partial charge on any atom is 0.318 e. The Kier molecular flexibility index (Phi) is 6.73. The number of hydrogen-bond acceptors (Lipinski definition) is 6. The van der Waals surface area contributed by atoms with E-state index >= 15 is 0 Å². The fourth-order valence-corrected chi connectivity index (χ4v) is 5.21. The first-order chi connectivity index (χ1) is 7.16. The predicted octanol–water partition coefficient (Wildman–Crippen LogP) is 4.13. The van der Waals surface area contributed by atoms with Crippen LogP contribution in [0.15, 0.2) is 0 Å². The molecule has 2 nitrogen and oxygen atoms in total. The SMILES string of the molecule is CC1(CCCCC(=O)OSS)CCSS1. The summed E-state index contributed by atoms with van der Waals surface area (Å²) >= 11 is 4.59. The van der Waals surface area contributed by atoms with Gasteiger partial charge in [-0.15, -0.1) is 0 Å². The molecule has 0 N–H and O–H groups in total. The fraction of sp³-hybridized carbons (Fsp3) is 0.889. The third kappa shape index (κ3) is 5.65. The minimum atomic E-state index is -0.159. The van der Waals surface area contributed by atoms with Gasteiger partial charge >= 0.3 is 5.97 Å². The van der Waals surface area contributed by atoms with Crippen molar-refractivity contribution in [1.29, 1.82) is 0 Å². The highest BCUT2D eigenvalue weighted by molar-refractivity contribution is 8.77. The van der Waals surface area contributed by atoms with E-state index in [0.717, 1.165) is 23.9 Å². The van der Waals surface area contributed by atoms with Crippen molar-refractivity contribution in [3.05, 3.63) is 0 Å². The number of rotatable bonds is 6. The summed E-state index contributed by atoms with van der Waals surface area (Å²) in [5.74, 6) is 1.10. The van der Waals surface area contributed by atoms with Crippen molar-refractivity contribution >= 4 is 50.3 Å². The molecule has 1 atom stereocenters. The molecule has 0 aromatic rings. The van der Waals surface area contributed by atoms with E-state index in [1.54, 1.807) is 0 Å². The molecule has 0 aliphatic carbocycles. The third-order valence-electron chi connectivity index (χ3n) is 2.44. The molecule has 1 unspecified atom stereocenters. The molecule has 0 aromatic carbocycles. The van der Waals surface area contributed by atoms with Gasteiger partial charge in [-0.3, -0.25) is 4.79 Å². The van der Waals surface area contributed by atoms with Crippen LogP contribution in [-0.2, 0) is 8.98 Å². The Morgan fingerprint density at radius 1 is 1.60 bits per heavy atom. The molecule has 1 aliphatic heterocycles. The molecule has 0 radical (unpaired) electrons. The standard InChI is InChI=1S/C9H16O2S4/c1-9(6-7-13-14-9)5-3-2-4-8(10)11-15-12/h12H,2-7H2,1H3. The second-order valence-corrected chi connectivity index (χ2v) is 7.61. The molecule has 1 rings (SSSR count). The third-order valence-corrected chi connectivity index (χ3v) is 6.29. The second kappa shape index (κ2) is 7.25. The van der Waals surface area contributed by atoms with Crippen LogP contribution >= 0.6 is 44.3 Å². The molecule has 6 heteroatoms. The summed E-state index contributed by atoms with van der Waals surface area (Å²) in [6.07, 6.45) is 5.04. The number of hydrogen-bond donors (Lipinski definition) is 1. The molecule has 1 fully saturated rings. The lowest BCUT2D eigenvalue weighted by molar-refractivity contribution is -0.133. The number of carbonyl (C=O) groups excluding carboxylic acids is 1. The Balaban J connectivity index is 2.03. The Labute approximate surface area is 108 Å². The highest BCUT2D eigenvalue weighted by Gasteiger charge is 2.29. The summed E-state index contributed by atoms with van der Waals surface area (Å²) in [7, 11) is 3.96. The summed E-state index contributed by atoms with van der Waals surface area (Å²) in [6, 6.07) is 0. The number of carbonyl (C=O) groups is 1. The van der Waals surface area contributed by atoms with Gasteiger partial charge in [0.25, 0.3) is 0 Å². The summed E-state index contributed by atoms with van der Waals surface area (Å²) in [6.45, 7) is 2.32. The van der Waals surface area contributed by atoms with Gasteiger partial charge in [-0.1, -0.05) is 39.7 Å².